The van der Waals surface area contributed by atoms with Crippen LogP contribution in [0.15, 0.2) is 28.7 Å². The van der Waals surface area contributed by atoms with E-state index < -0.39 is 0 Å². The zero-order valence-electron chi connectivity index (χ0n) is 9.50. The van der Waals surface area contributed by atoms with Gasteiger partial charge >= 0.3 is 5.97 Å². The van der Waals surface area contributed by atoms with Crippen LogP contribution in [0.2, 0.25) is 0 Å². The van der Waals surface area contributed by atoms with Crippen molar-refractivity contribution in [1.82, 2.24) is 0 Å². The van der Waals surface area contributed by atoms with Crippen molar-refractivity contribution in [3.63, 3.8) is 0 Å². The van der Waals surface area contributed by atoms with Crippen molar-refractivity contribution in [2.45, 2.75) is 19.8 Å². The zero-order valence-corrected chi connectivity index (χ0v) is 11.1. The molecular formula is C13H15BrO2. The average Bonchev–Trinajstić information content (AvgIpc) is 2.30. The number of methoxy groups -OCH3 is 1. The van der Waals surface area contributed by atoms with Crippen LogP contribution in [0.1, 0.15) is 24.5 Å². The standard InChI is InChI=1S/C13H15BrO2/c1-3-10-9-12(14)8-7-11(10)5-4-6-13(15)16-2/h4-5,7-9H,3,6H2,1-2H3. The van der Waals surface area contributed by atoms with E-state index in [-0.39, 0.29) is 5.97 Å². The number of benzene rings is 1. The number of rotatable bonds is 4. The predicted molar refractivity (Wildman–Crippen MR) is 69.2 cm³/mol. The Morgan fingerprint density at radius 3 is 2.88 bits per heavy atom. The molecule has 0 bridgehead atoms. The van der Waals surface area contributed by atoms with Gasteiger partial charge in [-0.3, -0.25) is 4.79 Å². The number of hydrogen-bond donors (Lipinski definition) is 0. The van der Waals surface area contributed by atoms with Gasteiger partial charge in [0, 0.05) is 4.47 Å². The van der Waals surface area contributed by atoms with Gasteiger partial charge in [0.05, 0.1) is 13.5 Å². The highest BCUT2D eigenvalue weighted by atomic mass is 79.9. The first-order valence-electron chi connectivity index (χ1n) is 5.19. The Hall–Kier alpha value is -1.09. The van der Waals surface area contributed by atoms with Crippen LogP contribution in [0, 0.1) is 0 Å². The van der Waals surface area contributed by atoms with E-state index in [1.807, 2.05) is 24.3 Å². The highest BCUT2D eigenvalue weighted by Gasteiger charge is 1.99. The molecule has 0 saturated heterocycles. The summed E-state index contributed by atoms with van der Waals surface area (Å²) in [6.07, 6.45) is 5.07. The lowest BCUT2D eigenvalue weighted by Gasteiger charge is -2.03. The zero-order chi connectivity index (χ0) is 12.0. The van der Waals surface area contributed by atoms with Crippen molar-refractivity contribution in [2.24, 2.45) is 0 Å². The van der Waals surface area contributed by atoms with Crippen LogP contribution >= 0.6 is 15.9 Å². The van der Waals surface area contributed by atoms with E-state index in [9.17, 15) is 4.79 Å². The number of esters is 1. The molecule has 0 aliphatic heterocycles. The molecule has 3 heteroatoms. The molecule has 16 heavy (non-hydrogen) atoms. The molecule has 0 aliphatic carbocycles. The molecule has 0 spiro atoms. The maximum atomic E-state index is 10.9. The minimum Gasteiger partial charge on any atom is -0.469 e. The third kappa shape index (κ3) is 3.81. The first-order chi connectivity index (χ1) is 7.67. The molecular weight excluding hydrogens is 268 g/mol. The molecule has 0 saturated carbocycles. The highest BCUT2D eigenvalue weighted by molar-refractivity contribution is 9.10. The smallest absolute Gasteiger partial charge is 0.309 e. The number of hydrogen-bond acceptors (Lipinski definition) is 2. The van der Waals surface area contributed by atoms with E-state index in [0.29, 0.717) is 6.42 Å². The maximum Gasteiger partial charge on any atom is 0.309 e. The Morgan fingerprint density at radius 2 is 2.25 bits per heavy atom. The molecule has 0 radical (unpaired) electrons. The summed E-state index contributed by atoms with van der Waals surface area (Å²) in [6.45, 7) is 2.11. The monoisotopic (exact) mass is 282 g/mol. The highest BCUT2D eigenvalue weighted by Crippen LogP contribution is 2.18. The third-order valence-corrected chi connectivity index (χ3v) is 2.79. The normalized spacial score (nSPS) is 10.7. The molecule has 1 aromatic rings. The van der Waals surface area contributed by atoms with Crippen LogP contribution in [0.5, 0.6) is 0 Å². The fourth-order valence-corrected chi connectivity index (χ4v) is 1.82. The summed E-state index contributed by atoms with van der Waals surface area (Å²) >= 11 is 3.44. The second-order valence-electron chi connectivity index (χ2n) is 3.38. The van der Waals surface area contributed by atoms with Gasteiger partial charge < -0.3 is 4.74 Å². The van der Waals surface area contributed by atoms with Gasteiger partial charge in [0.2, 0.25) is 0 Å². The lowest BCUT2D eigenvalue weighted by atomic mass is 10.0. The lowest BCUT2D eigenvalue weighted by Crippen LogP contribution is -1.96. The van der Waals surface area contributed by atoms with E-state index in [1.54, 1.807) is 0 Å². The predicted octanol–water partition coefficient (Wildman–Crippen LogP) is 3.59. The maximum absolute atomic E-state index is 10.9. The molecule has 0 aromatic heterocycles. The SMILES string of the molecule is CCc1cc(Br)ccc1C=CCC(=O)OC. The molecule has 86 valence electrons. The molecule has 0 amide bonds. The summed E-state index contributed by atoms with van der Waals surface area (Å²) in [6, 6.07) is 6.13. The minimum absolute atomic E-state index is 0.216. The van der Waals surface area contributed by atoms with E-state index >= 15 is 0 Å². The number of carbonyl (C=O) groups excluding carboxylic acids is 1. The number of aryl methyl sites for hydroxylation is 1. The van der Waals surface area contributed by atoms with Gasteiger partial charge in [-0.15, -0.1) is 0 Å². The molecule has 0 atom stereocenters. The summed E-state index contributed by atoms with van der Waals surface area (Å²) in [5, 5.41) is 0. The van der Waals surface area contributed by atoms with Crippen molar-refractivity contribution < 1.29 is 9.53 Å². The molecule has 0 fully saturated rings. The summed E-state index contributed by atoms with van der Waals surface area (Å²) in [7, 11) is 1.40. The summed E-state index contributed by atoms with van der Waals surface area (Å²) in [4.78, 5) is 10.9. The minimum atomic E-state index is -0.216. The fourth-order valence-electron chi connectivity index (χ4n) is 1.41. The second-order valence-corrected chi connectivity index (χ2v) is 4.29. The Kier molecular flexibility index (Phi) is 5.26. The fraction of sp³-hybridized carbons (Fsp3) is 0.308. The third-order valence-electron chi connectivity index (χ3n) is 2.30. The van der Waals surface area contributed by atoms with Gasteiger partial charge in [-0.2, -0.15) is 0 Å². The first-order valence-corrected chi connectivity index (χ1v) is 5.98. The van der Waals surface area contributed by atoms with Crippen LogP contribution < -0.4 is 0 Å². The van der Waals surface area contributed by atoms with Crippen LogP contribution in [0.3, 0.4) is 0 Å². The van der Waals surface area contributed by atoms with Gasteiger partial charge in [-0.1, -0.05) is 41.1 Å². The Bertz CT molecular complexity index is 397. The van der Waals surface area contributed by atoms with E-state index in [2.05, 4.69) is 33.7 Å². The molecule has 2 nitrogen and oxygen atoms in total. The quantitative estimate of drug-likeness (QED) is 0.789. The van der Waals surface area contributed by atoms with Crippen LogP contribution in [0.4, 0.5) is 0 Å². The molecule has 0 N–H and O–H groups in total. The lowest BCUT2D eigenvalue weighted by molar-refractivity contribution is -0.139. The molecule has 1 aromatic carbocycles. The molecule has 0 unspecified atom stereocenters. The number of carbonyl (C=O) groups is 1. The first kappa shape index (κ1) is 13.0. The van der Waals surface area contributed by atoms with Gasteiger partial charge in [-0.05, 0) is 29.7 Å². The summed E-state index contributed by atoms with van der Waals surface area (Å²) < 4.78 is 5.64. The van der Waals surface area contributed by atoms with Gasteiger partial charge in [0.15, 0.2) is 0 Å². The van der Waals surface area contributed by atoms with Gasteiger partial charge in [-0.25, -0.2) is 0 Å². The Morgan fingerprint density at radius 1 is 1.50 bits per heavy atom. The Labute approximate surface area is 104 Å². The molecule has 0 aliphatic rings. The summed E-state index contributed by atoms with van der Waals surface area (Å²) in [5.41, 5.74) is 2.41. The number of halogens is 1. The van der Waals surface area contributed by atoms with Crippen molar-refractivity contribution in [3.05, 3.63) is 39.9 Å². The van der Waals surface area contributed by atoms with Gasteiger partial charge in [0.25, 0.3) is 0 Å². The van der Waals surface area contributed by atoms with Crippen molar-refractivity contribution in [2.75, 3.05) is 7.11 Å². The topological polar surface area (TPSA) is 26.3 Å². The van der Waals surface area contributed by atoms with E-state index in [4.69, 9.17) is 0 Å². The average molecular weight is 283 g/mol. The van der Waals surface area contributed by atoms with Crippen molar-refractivity contribution in [3.8, 4) is 0 Å². The van der Waals surface area contributed by atoms with Crippen LogP contribution in [-0.2, 0) is 16.0 Å². The van der Waals surface area contributed by atoms with Crippen LogP contribution in [-0.4, -0.2) is 13.1 Å². The Balaban J connectivity index is 2.76. The van der Waals surface area contributed by atoms with Crippen LogP contribution in [0.25, 0.3) is 6.08 Å². The largest absolute Gasteiger partial charge is 0.469 e. The number of ether oxygens (including phenoxy) is 1. The van der Waals surface area contributed by atoms with E-state index in [1.165, 1.54) is 12.7 Å². The molecule has 1 rings (SSSR count). The van der Waals surface area contributed by atoms with Crippen molar-refractivity contribution >= 4 is 28.0 Å². The van der Waals surface area contributed by atoms with E-state index in [0.717, 1.165) is 16.5 Å². The van der Waals surface area contributed by atoms with Gasteiger partial charge in [0.1, 0.15) is 0 Å². The second kappa shape index (κ2) is 6.48. The van der Waals surface area contributed by atoms with Crippen molar-refractivity contribution in [1.29, 1.82) is 0 Å². The summed E-state index contributed by atoms with van der Waals surface area (Å²) in [5.74, 6) is -0.216. The molecule has 0 heterocycles.